The molecule has 2 aromatic carbocycles. The van der Waals surface area contributed by atoms with Crippen LogP contribution in [-0.4, -0.2) is 56.0 Å². The molecular weight excluding hydrogens is 446 g/mol. The second-order valence-electron chi connectivity index (χ2n) is 8.92. The van der Waals surface area contributed by atoms with E-state index in [-0.39, 0.29) is 17.7 Å². The molecule has 182 valence electrons. The van der Waals surface area contributed by atoms with Crippen molar-refractivity contribution in [2.75, 3.05) is 45.6 Å². The minimum atomic E-state index is -0.326. The highest BCUT2D eigenvalue weighted by Crippen LogP contribution is 2.47. The number of allylic oxidation sites excluding steroid dienone is 2. The van der Waals surface area contributed by atoms with Crippen LogP contribution in [0.1, 0.15) is 35.9 Å². The topological polar surface area (TPSA) is 90.7 Å². The molecule has 0 unspecified atom stereocenters. The van der Waals surface area contributed by atoms with E-state index in [1.807, 2.05) is 31.1 Å². The Labute approximate surface area is 204 Å². The highest BCUT2D eigenvalue weighted by Gasteiger charge is 2.39. The largest absolute Gasteiger partial charge is 0.493 e. The molecule has 0 saturated carbocycles. The lowest BCUT2D eigenvalue weighted by atomic mass is 9.77. The monoisotopic (exact) mass is 475 g/mol. The first-order valence-electron chi connectivity index (χ1n) is 11.4. The lowest BCUT2D eigenvalue weighted by Crippen LogP contribution is -2.33. The van der Waals surface area contributed by atoms with Crippen LogP contribution in [0.15, 0.2) is 54.0 Å². The van der Waals surface area contributed by atoms with E-state index in [2.05, 4.69) is 39.7 Å². The van der Waals surface area contributed by atoms with E-state index < -0.39 is 0 Å². The van der Waals surface area contributed by atoms with E-state index in [1.165, 1.54) is 6.33 Å². The summed E-state index contributed by atoms with van der Waals surface area (Å²) in [6, 6.07) is 11.7. The van der Waals surface area contributed by atoms with Crippen molar-refractivity contribution in [3.05, 3.63) is 65.1 Å². The first kappa shape index (κ1) is 22.8. The van der Waals surface area contributed by atoms with Gasteiger partial charge in [-0.25, -0.2) is 4.68 Å². The molecule has 9 heteroatoms. The SMILES string of the molecule is COc1cc([C@H]2CC(=O)C3=C(C2)Nc2ncnn2[C@@H]3c2ccc(N(C)C)cc2)cc(OC)c1OC. The number of ketones is 1. The molecule has 0 spiro atoms. The van der Waals surface area contributed by atoms with Gasteiger partial charge in [0.1, 0.15) is 12.4 Å². The first-order chi connectivity index (χ1) is 16.9. The zero-order valence-electron chi connectivity index (χ0n) is 20.5. The Kier molecular flexibility index (Phi) is 5.84. The predicted octanol–water partition coefficient (Wildman–Crippen LogP) is 3.79. The molecule has 2 aliphatic rings. The Bertz CT molecular complexity index is 1270. The molecule has 3 aromatic rings. The summed E-state index contributed by atoms with van der Waals surface area (Å²) in [7, 11) is 8.77. The van der Waals surface area contributed by atoms with Crippen molar-refractivity contribution in [2.24, 2.45) is 0 Å². The van der Waals surface area contributed by atoms with E-state index in [4.69, 9.17) is 14.2 Å². The molecule has 1 N–H and O–H groups in total. The summed E-state index contributed by atoms with van der Waals surface area (Å²) in [5.41, 5.74) is 4.66. The smallest absolute Gasteiger partial charge is 0.226 e. The van der Waals surface area contributed by atoms with Crippen LogP contribution >= 0.6 is 0 Å². The predicted molar refractivity (Wildman–Crippen MR) is 133 cm³/mol. The van der Waals surface area contributed by atoms with E-state index in [9.17, 15) is 4.79 Å². The van der Waals surface area contributed by atoms with Crippen LogP contribution in [0.5, 0.6) is 17.2 Å². The van der Waals surface area contributed by atoms with Crippen molar-refractivity contribution in [2.45, 2.75) is 24.8 Å². The number of benzene rings is 2. The van der Waals surface area contributed by atoms with Crippen molar-refractivity contribution in [1.82, 2.24) is 14.8 Å². The number of aromatic nitrogens is 3. The molecule has 1 aliphatic carbocycles. The maximum atomic E-state index is 13.7. The molecule has 0 fully saturated rings. The van der Waals surface area contributed by atoms with Gasteiger partial charge in [0, 0.05) is 37.5 Å². The molecule has 5 rings (SSSR count). The minimum absolute atomic E-state index is 0.0475. The number of carbonyl (C=O) groups excluding carboxylic acids is 1. The number of Topliss-reactive ketones (excluding diaryl/α,β-unsaturated/α-hetero) is 1. The fourth-order valence-corrected chi connectivity index (χ4v) is 4.99. The Morgan fingerprint density at radius 3 is 2.26 bits per heavy atom. The molecule has 1 aliphatic heterocycles. The lowest BCUT2D eigenvalue weighted by molar-refractivity contribution is -0.116. The number of ether oxygens (including phenoxy) is 3. The number of fused-ring (bicyclic) bond motifs is 1. The number of nitrogens with one attached hydrogen (secondary N) is 1. The second kappa shape index (κ2) is 8.98. The van der Waals surface area contributed by atoms with Crippen molar-refractivity contribution in [3.8, 4) is 17.2 Å². The normalized spacial score (nSPS) is 18.9. The fourth-order valence-electron chi connectivity index (χ4n) is 4.99. The van der Waals surface area contributed by atoms with E-state index >= 15 is 0 Å². The zero-order valence-corrected chi connectivity index (χ0v) is 20.5. The summed E-state index contributed by atoms with van der Waals surface area (Å²) in [4.78, 5) is 20.1. The van der Waals surface area contributed by atoms with Crippen LogP contribution in [0.2, 0.25) is 0 Å². The summed E-state index contributed by atoms with van der Waals surface area (Å²) in [6.45, 7) is 0. The highest BCUT2D eigenvalue weighted by atomic mass is 16.5. The van der Waals surface area contributed by atoms with Gasteiger partial charge in [-0.3, -0.25) is 4.79 Å². The summed E-state index contributed by atoms with van der Waals surface area (Å²) in [6.07, 6.45) is 2.54. The first-order valence-corrected chi connectivity index (χ1v) is 11.4. The van der Waals surface area contributed by atoms with Crippen molar-refractivity contribution in [1.29, 1.82) is 0 Å². The number of nitrogens with zero attached hydrogens (tertiary/aromatic N) is 4. The van der Waals surface area contributed by atoms with Crippen LogP contribution in [-0.2, 0) is 4.79 Å². The van der Waals surface area contributed by atoms with E-state index in [0.29, 0.717) is 36.0 Å². The van der Waals surface area contributed by atoms with E-state index in [0.717, 1.165) is 28.1 Å². The average Bonchev–Trinajstić information content (AvgIpc) is 3.34. The standard InChI is InChI=1S/C26H29N5O4/c1-30(2)18-8-6-15(7-9-18)24-23-19(29-26-27-14-28-31(24)26)10-16(11-20(23)32)17-12-21(33-3)25(35-5)22(13-17)34-4/h6-9,12-14,16,24H,10-11H2,1-5H3,(H,27,28,29)/t16-,24-/m1/s1. The quantitative estimate of drug-likeness (QED) is 0.576. The molecule has 2 heterocycles. The average molecular weight is 476 g/mol. The number of hydrogen-bond donors (Lipinski definition) is 1. The van der Waals surface area contributed by atoms with Gasteiger partial charge in [-0.1, -0.05) is 12.1 Å². The molecule has 1 aromatic heterocycles. The Balaban J connectivity index is 1.55. The summed E-state index contributed by atoms with van der Waals surface area (Å²) in [5.74, 6) is 2.34. The van der Waals surface area contributed by atoms with Gasteiger partial charge in [-0.05, 0) is 47.7 Å². The Morgan fingerprint density at radius 2 is 1.66 bits per heavy atom. The van der Waals surface area contributed by atoms with Gasteiger partial charge in [-0.2, -0.15) is 10.1 Å². The molecular formula is C26H29N5O4. The summed E-state index contributed by atoms with van der Waals surface area (Å²) in [5, 5.41) is 7.81. The number of hydrogen-bond acceptors (Lipinski definition) is 8. The maximum Gasteiger partial charge on any atom is 0.226 e. The van der Waals surface area contributed by atoms with Gasteiger partial charge in [0.05, 0.1) is 21.3 Å². The van der Waals surface area contributed by atoms with Gasteiger partial charge in [0.15, 0.2) is 17.3 Å². The van der Waals surface area contributed by atoms with Gasteiger partial charge < -0.3 is 24.4 Å². The Hall–Kier alpha value is -4.01. The van der Waals surface area contributed by atoms with Crippen LogP contribution < -0.4 is 24.4 Å². The molecule has 2 atom stereocenters. The third-order valence-electron chi connectivity index (χ3n) is 6.75. The van der Waals surface area contributed by atoms with Crippen LogP contribution in [0.25, 0.3) is 0 Å². The number of rotatable bonds is 6. The third kappa shape index (κ3) is 3.86. The zero-order chi connectivity index (χ0) is 24.7. The van der Waals surface area contributed by atoms with Crippen LogP contribution in [0.3, 0.4) is 0 Å². The van der Waals surface area contributed by atoms with Crippen LogP contribution in [0, 0.1) is 0 Å². The van der Waals surface area contributed by atoms with Crippen molar-refractivity contribution >= 4 is 17.4 Å². The minimum Gasteiger partial charge on any atom is -0.493 e. The number of carbonyl (C=O) groups is 1. The number of anilines is 2. The van der Waals surface area contributed by atoms with Gasteiger partial charge >= 0.3 is 0 Å². The van der Waals surface area contributed by atoms with Gasteiger partial charge in [-0.15, -0.1) is 0 Å². The van der Waals surface area contributed by atoms with Gasteiger partial charge in [0.25, 0.3) is 0 Å². The third-order valence-corrected chi connectivity index (χ3v) is 6.75. The molecule has 0 radical (unpaired) electrons. The summed E-state index contributed by atoms with van der Waals surface area (Å²) < 4.78 is 18.3. The molecule has 0 bridgehead atoms. The van der Waals surface area contributed by atoms with Gasteiger partial charge in [0.2, 0.25) is 11.7 Å². The van der Waals surface area contributed by atoms with Crippen LogP contribution in [0.4, 0.5) is 11.6 Å². The number of methoxy groups -OCH3 is 3. The lowest BCUT2D eigenvalue weighted by Gasteiger charge is -2.35. The Morgan fingerprint density at radius 1 is 0.971 bits per heavy atom. The summed E-state index contributed by atoms with van der Waals surface area (Å²) >= 11 is 0. The van der Waals surface area contributed by atoms with Crippen molar-refractivity contribution < 1.29 is 19.0 Å². The highest BCUT2D eigenvalue weighted by molar-refractivity contribution is 6.00. The van der Waals surface area contributed by atoms with E-state index in [1.54, 1.807) is 26.0 Å². The van der Waals surface area contributed by atoms with Crippen molar-refractivity contribution in [3.63, 3.8) is 0 Å². The second-order valence-corrected chi connectivity index (χ2v) is 8.92. The molecule has 0 amide bonds. The fraction of sp³-hybridized carbons (Fsp3) is 0.346. The maximum absolute atomic E-state index is 13.7. The molecule has 35 heavy (non-hydrogen) atoms. The molecule has 9 nitrogen and oxygen atoms in total. The molecule has 0 saturated heterocycles.